The predicted octanol–water partition coefficient (Wildman–Crippen LogP) is 5.76. The van der Waals surface area contributed by atoms with E-state index in [0.717, 1.165) is 39.3 Å². The standard InChI is InChI=1S/C24H26N4O2/c1-13(2)28-23-20(12-25-28)19(11-22(26-23)18-10-16(5)30-17(18)6)24(29)27-21-9-14(3)7-8-15(21)4/h7-13H,1-6H3,(H,27,29). The van der Waals surface area contributed by atoms with Crippen molar-refractivity contribution in [3.05, 3.63) is 64.7 Å². The van der Waals surface area contributed by atoms with Gasteiger partial charge in [0.15, 0.2) is 5.65 Å². The number of pyridine rings is 1. The Morgan fingerprint density at radius 3 is 2.53 bits per heavy atom. The summed E-state index contributed by atoms with van der Waals surface area (Å²) in [4.78, 5) is 18.2. The van der Waals surface area contributed by atoms with E-state index in [9.17, 15) is 4.79 Å². The SMILES string of the molecule is Cc1ccc(C)c(NC(=O)c2cc(-c3cc(C)oc3C)nc3c2cnn3C(C)C)c1. The van der Waals surface area contributed by atoms with Crippen molar-refractivity contribution in [3.8, 4) is 11.3 Å². The number of anilines is 1. The van der Waals surface area contributed by atoms with Crippen LogP contribution in [0, 0.1) is 27.7 Å². The molecular formula is C24H26N4O2. The van der Waals surface area contributed by atoms with Gasteiger partial charge in [-0.1, -0.05) is 12.1 Å². The van der Waals surface area contributed by atoms with Crippen molar-refractivity contribution in [2.24, 2.45) is 0 Å². The van der Waals surface area contributed by atoms with Crippen LogP contribution in [0.2, 0.25) is 0 Å². The predicted molar refractivity (Wildman–Crippen MR) is 119 cm³/mol. The van der Waals surface area contributed by atoms with Gasteiger partial charge in [-0.15, -0.1) is 0 Å². The molecule has 6 heteroatoms. The molecule has 0 aliphatic rings. The van der Waals surface area contributed by atoms with Crippen LogP contribution in [0.15, 0.2) is 40.9 Å². The first kappa shape index (κ1) is 19.9. The summed E-state index contributed by atoms with van der Waals surface area (Å²) in [5.74, 6) is 1.40. The zero-order valence-electron chi connectivity index (χ0n) is 18.2. The number of fused-ring (bicyclic) bond motifs is 1. The minimum absolute atomic E-state index is 0.118. The van der Waals surface area contributed by atoms with E-state index in [1.54, 1.807) is 6.20 Å². The van der Waals surface area contributed by atoms with Crippen LogP contribution >= 0.6 is 0 Å². The Bertz CT molecular complexity index is 1260. The summed E-state index contributed by atoms with van der Waals surface area (Å²) < 4.78 is 7.55. The minimum Gasteiger partial charge on any atom is -0.466 e. The third-order valence-electron chi connectivity index (χ3n) is 5.26. The molecule has 0 spiro atoms. The number of carbonyl (C=O) groups is 1. The molecule has 0 saturated heterocycles. The average Bonchev–Trinajstić information content (AvgIpc) is 3.26. The van der Waals surface area contributed by atoms with Crippen LogP contribution in [0.1, 0.15) is 52.9 Å². The fraction of sp³-hybridized carbons (Fsp3) is 0.292. The molecule has 0 aliphatic heterocycles. The summed E-state index contributed by atoms with van der Waals surface area (Å²) in [7, 11) is 0. The zero-order valence-corrected chi connectivity index (χ0v) is 18.2. The zero-order chi connectivity index (χ0) is 21.6. The third-order valence-corrected chi connectivity index (χ3v) is 5.26. The van der Waals surface area contributed by atoms with Crippen molar-refractivity contribution in [1.29, 1.82) is 0 Å². The van der Waals surface area contributed by atoms with Gasteiger partial charge in [-0.25, -0.2) is 9.67 Å². The van der Waals surface area contributed by atoms with Gasteiger partial charge >= 0.3 is 0 Å². The van der Waals surface area contributed by atoms with E-state index in [1.165, 1.54) is 0 Å². The molecule has 0 aliphatic carbocycles. The summed E-state index contributed by atoms with van der Waals surface area (Å²) in [6.07, 6.45) is 1.72. The van der Waals surface area contributed by atoms with Crippen molar-refractivity contribution in [2.75, 3.05) is 5.32 Å². The number of hydrogen-bond donors (Lipinski definition) is 1. The average molecular weight is 402 g/mol. The lowest BCUT2D eigenvalue weighted by Crippen LogP contribution is -2.14. The molecule has 1 N–H and O–H groups in total. The molecule has 4 aromatic rings. The summed E-state index contributed by atoms with van der Waals surface area (Å²) in [6.45, 7) is 11.9. The molecule has 4 rings (SSSR count). The van der Waals surface area contributed by atoms with Crippen LogP contribution in [0.4, 0.5) is 5.69 Å². The van der Waals surface area contributed by atoms with Crippen LogP contribution in [0.25, 0.3) is 22.3 Å². The molecule has 0 bridgehead atoms. The van der Waals surface area contributed by atoms with Crippen molar-refractivity contribution in [1.82, 2.24) is 14.8 Å². The molecule has 3 heterocycles. The van der Waals surface area contributed by atoms with Crippen molar-refractivity contribution < 1.29 is 9.21 Å². The highest BCUT2D eigenvalue weighted by atomic mass is 16.3. The van der Waals surface area contributed by atoms with Crippen molar-refractivity contribution >= 4 is 22.6 Å². The number of carbonyl (C=O) groups excluding carboxylic acids is 1. The Morgan fingerprint density at radius 2 is 1.87 bits per heavy atom. The summed E-state index contributed by atoms with van der Waals surface area (Å²) in [5, 5.41) is 8.29. The summed E-state index contributed by atoms with van der Waals surface area (Å²) in [5.41, 5.74) is 5.72. The van der Waals surface area contributed by atoms with Gasteiger partial charge in [-0.3, -0.25) is 4.79 Å². The van der Waals surface area contributed by atoms with E-state index in [-0.39, 0.29) is 11.9 Å². The molecule has 0 radical (unpaired) electrons. The van der Waals surface area contributed by atoms with Crippen LogP contribution in [0.3, 0.4) is 0 Å². The van der Waals surface area contributed by atoms with Gasteiger partial charge in [0.25, 0.3) is 5.91 Å². The van der Waals surface area contributed by atoms with Gasteiger partial charge in [0.05, 0.1) is 22.8 Å². The maximum absolute atomic E-state index is 13.3. The van der Waals surface area contributed by atoms with Crippen molar-refractivity contribution in [2.45, 2.75) is 47.6 Å². The van der Waals surface area contributed by atoms with E-state index in [2.05, 4.69) is 10.4 Å². The topological polar surface area (TPSA) is 73.0 Å². The first-order valence-corrected chi connectivity index (χ1v) is 10.1. The highest BCUT2D eigenvalue weighted by Crippen LogP contribution is 2.30. The fourth-order valence-electron chi connectivity index (χ4n) is 3.67. The lowest BCUT2D eigenvalue weighted by Gasteiger charge is -2.12. The number of nitrogens with zero attached hydrogens (tertiary/aromatic N) is 3. The first-order valence-electron chi connectivity index (χ1n) is 10.1. The number of rotatable bonds is 4. The molecule has 0 unspecified atom stereocenters. The highest BCUT2D eigenvalue weighted by molar-refractivity contribution is 6.13. The molecule has 3 aromatic heterocycles. The Kier molecular flexibility index (Phi) is 4.94. The lowest BCUT2D eigenvalue weighted by molar-refractivity contribution is 0.102. The van der Waals surface area contributed by atoms with Crippen LogP contribution < -0.4 is 5.32 Å². The normalized spacial score (nSPS) is 11.4. The molecule has 6 nitrogen and oxygen atoms in total. The first-order chi connectivity index (χ1) is 14.2. The van der Waals surface area contributed by atoms with E-state index in [1.807, 2.05) is 76.6 Å². The minimum atomic E-state index is -0.182. The number of aromatic nitrogens is 3. The molecule has 0 atom stereocenters. The quantitative estimate of drug-likeness (QED) is 0.471. The van der Waals surface area contributed by atoms with Gasteiger partial charge in [0.1, 0.15) is 11.5 Å². The number of amides is 1. The Morgan fingerprint density at radius 1 is 1.10 bits per heavy atom. The second-order valence-electron chi connectivity index (χ2n) is 8.07. The molecule has 0 fully saturated rings. The Labute approximate surface area is 175 Å². The molecule has 30 heavy (non-hydrogen) atoms. The summed E-state index contributed by atoms with van der Waals surface area (Å²) >= 11 is 0. The maximum Gasteiger partial charge on any atom is 0.256 e. The fourth-order valence-corrected chi connectivity index (χ4v) is 3.67. The second-order valence-corrected chi connectivity index (χ2v) is 8.07. The number of aryl methyl sites for hydroxylation is 4. The van der Waals surface area contributed by atoms with E-state index in [4.69, 9.17) is 9.40 Å². The van der Waals surface area contributed by atoms with Gasteiger partial charge in [0, 0.05) is 17.3 Å². The second kappa shape index (κ2) is 7.44. The van der Waals surface area contributed by atoms with E-state index < -0.39 is 0 Å². The number of hydrogen-bond acceptors (Lipinski definition) is 4. The van der Waals surface area contributed by atoms with Crippen LogP contribution in [-0.2, 0) is 0 Å². The van der Waals surface area contributed by atoms with E-state index >= 15 is 0 Å². The Balaban J connectivity index is 1.88. The Hall–Kier alpha value is -3.41. The van der Waals surface area contributed by atoms with Crippen LogP contribution in [-0.4, -0.2) is 20.7 Å². The van der Waals surface area contributed by atoms with Gasteiger partial charge in [-0.2, -0.15) is 5.10 Å². The number of nitrogens with one attached hydrogen (secondary N) is 1. The molecule has 154 valence electrons. The lowest BCUT2D eigenvalue weighted by atomic mass is 10.1. The highest BCUT2D eigenvalue weighted by Gasteiger charge is 2.20. The van der Waals surface area contributed by atoms with Gasteiger partial charge < -0.3 is 9.73 Å². The monoisotopic (exact) mass is 402 g/mol. The summed E-state index contributed by atoms with van der Waals surface area (Å²) in [6, 6.07) is 9.91. The molecular weight excluding hydrogens is 376 g/mol. The number of benzene rings is 1. The van der Waals surface area contributed by atoms with Gasteiger partial charge in [-0.05, 0) is 70.9 Å². The van der Waals surface area contributed by atoms with Gasteiger partial charge in [0.2, 0.25) is 0 Å². The third kappa shape index (κ3) is 3.49. The number of furan rings is 1. The molecule has 1 amide bonds. The smallest absolute Gasteiger partial charge is 0.256 e. The van der Waals surface area contributed by atoms with Crippen LogP contribution in [0.5, 0.6) is 0 Å². The van der Waals surface area contributed by atoms with Crippen molar-refractivity contribution in [3.63, 3.8) is 0 Å². The molecule has 1 aromatic carbocycles. The van der Waals surface area contributed by atoms with E-state index in [0.29, 0.717) is 16.9 Å². The maximum atomic E-state index is 13.3. The largest absolute Gasteiger partial charge is 0.466 e. The molecule has 0 saturated carbocycles.